The van der Waals surface area contributed by atoms with Crippen LogP contribution in [0.3, 0.4) is 0 Å². The Morgan fingerprint density at radius 1 is 0.308 bits per heavy atom. The van der Waals surface area contributed by atoms with Crippen molar-refractivity contribution in [3.8, 4) is 0 Å². The van der Waals surface area contributed by atoms with Gasteiger partial charge in [-0.3, -0.25) is 14.4 Å². The Hall–Kier alpha value is -2.89. The van der Waals surface area contributed by atoms with E-state index in [0.29, 0.717) is 19.3 Å². The minimum absolute atomic E-state index is 0.0961. The fourth-order valence-electron chi connectivity index (χ4n) is 7.78. The van der Waals surface area contributed by atoms with Gasteiger partial charge in [0.2, 0.25) is 0 Å². The molecule has 1 atom stereocenters. The number of carbonyl (C=O) groups excluding carboxylic acids is 3. The number of hydrogen-bond acceptors (Lipinski definition) is 6. The molecule has 1 unspecified atom stereocenters. The second kappa shape index (κ2) is 53.7. The number of carbonyl (C=O) groups is 3. The van der Waals surface area contributed by atoms with Gasteiger partial charge in [0.15, 0.2) is 6.10 Å². The normalized spacial score (nSPS) is 12.5. The molecule has 0 fully saturated rings. The first-order valence-corrected chi connectivity index (χ1v) is 27.8. The zero-order chi connectivity index (χ0) is 47.2. The number of ether oxygens (including phenoxy) is 3. The highest BCUT2D eigenvalue weighted by atomic mass is 16.6. The summed E-state index contributed by atoms with van der Waals surface area (Å²) in [4.78, 5) is 38.0. The monoisotopic (exact) mass is 909 g/mol. The quantitative estimate of drug-likeness (QED) is 0.0262. The molecule has 0 amide bonds. The molecule has 65 heavy (non-hydrogen) atoms. The van der Waals surface area contributed by atoms with Gasteiger partial charge in [0.05, 0.1) is 0 Å². The largest absolute Gasteiger partial charge is 0.462 e. The summed E-state index contributed by atoms with van der Waals surface area (Å²) in [5.74, 6) is -0.953. The van der Waals surface area contributed by atoms with Crippen molar-refractivity contribution in [2.24, 2.45) is 0 Å². The van der Waals surface area contributed by atoms with Crippen molar-refractivity contribution in [3.63, 3.8) is 0 Å². The topological polar surface area (TPSA) is 78.9 Å². The standard InChI is InChI=1S/C59H104O6/c1-4-7-10-13-16-19-22-25-27-29-31-32-34-37-40-43-46-49-52-58(61)64-55-56(54-63-57(60)51-48-45-42-39-36-24-21-18-15-12-9-6-3)65-59(62)53-50-47-44-41-38-35-33-30-28-26-23-20-17-14-11-8-5-2/h17-18,20-21,26,28,33,35,41,44,56H,4-16,19,22-25,27,29-32,34,36-40,42-43,45-55H2,1-3H3/b20-17-,21-18-,28-26-,35-33-,44-41-. The van der Waals surface area contributed by atoms with Crippen LogP contribution < -0.4 is 0 Å². The van der Waals surface area contributed by atoms with Gasteiger partial charge in [0.25, 0.3) is 0 Å². The first kappa shape index (κ1) is 62.1. The van der Waals surface area contributed by atoms with Crippen LogP contribution in [-0.4, -0.2) is 37.2 Å². The van der Waals surface area contributed by atoms with Crippen molar-refractivity contribution in [3.05, 3.63) is 60.8 Å². The Bertz CT molecular complexity index is 1180. The van der Waals surface area contributed by atoms with Gasteiger partial charge in [-0.25, -0.2) is 0 Å². The first-order chi connectivity index (χ1) is 32.0. The van der Waals surface area contributed by atoms with E-state index in [0.717, 1.165) is 70.6 Å². The van der Waals surface area contributed by atoms with Crippen molar-refractivity contribution in [2.75, 3.05) is 13.2 Å². The second-order valence-corrected chi connectivity index (χ2v) is 18.5. The molecule has 0 N–H and O–H groups in total. The molecule has 0 aromatic carbocycles. The summed E-state index contributed by atoms with van der Waals surface area (Å²) >= 11 is 0. The van der Waals surface area contributed by atoms with Crippen molar-refractivity contribution in [1.29, 1.82) is 0 Å². The highest BCUT2D eigenvalue weighted by Gasteiger charge is 2.19. The molecular formula is C59H104O6. The van der Waals surface area contributed by atoms with E-state index in [2.05, 4.69) is 81.5 Å². The van der Waals surface area contributed by atoms with Gasteiger partial charge in [-0.15, -0.1) is 0 Å². The third-order valence-corrected chi connectivity index (χ3v) is 12.0. The average molecular weight is 909 g/mol. The van der Waals surface area contributed by atoms with Crippen LogP contribution in [0.2, 0.25) is 0 Å². The summed E-state index contributed by atoms with van der Waals surface area (Å²) in [6.45, 7) is 6.56. The lowest BCUT2D eigenvalue weighted by atomic mass is 10.0. The summed E-state index contributed by atoms with van der Waals surface area (Å²) in [7, 11) is 0. The van der Waals surface area contributed by atoms with Crippen LogP contribution in [0.1, 0.15) is 278 Å². The first-order valence-electron chi connectivity index (χ1n) is 27.8. The zero-order valence-electron chi connectivity index (χ0n) is 43.0. The van der Waals surface area contributed by atoms with Crippen molar-refractivity contribution >= 4 is 17.9 Å². The smallest absolute Gasteiger partial charge is 0.306 e. The molecule has 0 aliphatic heterocycles. The number of allylic oxidation sites excluding steroid dienone is 10. The highest BCUT2D eigenvalue weighted by Crippen LogP contribution is 2.16. The maximum absolute atomic E-state index is 12.8. The van der Waals surface area contributed by atoms with Gasteiger partial charge in [-0.1, -0.05) is 236 Å². The maximum atomic E-state index is 12.8. The fourth-order valence-corrected chi connectivity index (χ4v) is 7.78. The highest BCUT2D eigenvalue weighted by molar-refractivity contribution is 5.71. The summed E-state index contributed by atoms with van der Waals surface area (Å²) < 4.78 is 16.8. The van der Waals surface area contributed by atoms with E-state index in [1.807, 2.05) is 0 Å². The number of unbranched alkanes of at least 4 members (excludes halogenated alkanes) is 29. The Morgan fingerprint density at radius 2 is 0.569 bits per heavy atom. The van der Waals surface area contributed by atoms with Crippen LogP contribution in [-0.2, 0) is 28.6 Å². The van der Waals surface area contributed by atoms with Crippen LogP contribution in [0.5, 0.6) is 0 Å². The summed E-state index contributed by atoms with van der Waals surface area (Å²) in [5.41, 5.74) is 0. The summed E-state index contributed by atoms with van der Waals surface area (Å²) in [6, 6.07) is 0. The van der Waals surface area contributed by atoms with E-state index in [9.17, 15) is 14.4 Å². The van der Waals surface area contributed by atoms with Gasteiger partial charge in [0.1, 0.15) is 13.2 Å². The maximum Gasteiger partial charge on any atom is 0.306 e. The third kappa shape index (κ3) is 51.9. The Labute approximate surface area is 402 Å². The molecule has 0 radical (unpaired) electrons. The summed E-state index contributed by atoms with van der Waals surface area (Å²) in [5, 5.41) is 0. The van der Waals surface area contributed by atoms with Crippen molar-refractivity contribution < 1.29 is 28.6 Å². The second-order valence-electron chi connectivity index (χ2n) is 18.5. The van der Waals surface area contributed by atoms with E-state index >= 15 is 0 Å². The van der Waals surface area contributed by atoms with E-state index in [1.54, 1.807) is 0 Å². The Balaban J connectivity index is 4.42. The van der Waals surface area contributed by atoms with Crippen LogP contribution >= 0.6 is 0 Å². The van der Waals surface area contributed by atoms with Gasteiger partial charge >= 0.3 is 17.9 Å². The van der Waals surface area contributed by atoms with Crippen LogP contribution in [0.15, 0.2) is 60.8 Å². The molecule has 6 nitrogen and oxygen atoms in total. The van der Waals surface area contributed by atoms with Crippen molar-refractivity contribution in [2.45, 2.75) is 284 Å². The number of hydrogen-bond donors (Lipinski definition) is 0. The molecule has 0 rings (SSSR count). The zero-order valence-corrected chi connectivity index (χ0v) is 43.0. The van der Waals surface area contributed by atoms with E-state index < -0.39 is 6.10 Å². The number of rotatable bonds is 50. The SMILES string of the molecule is CCCCC/C=C\C/C=C\C/C=C\C/C=C\CCCC(=O)OC(COC(=O)CCCCCCC/C=C\CCCCC)COC(=O)CCCCCCCCCCCCCCCCCCCC. The van der Waals surface area contributed by atoms with Gasteiger partial charge in [-0.2, -0.15) is 0 Å². The van der Waals surface area contributed by atoms with Crippen LogP contribution in [0, 0.1) is 0 Å². The molecule has 0 spiro atoms. The lowest BCUT2D eigenvalue weighted by Gasteiger charge is -2.18. The van der Waals surface area contributed by atoms with Crippen LogP contribution in [0.25, 0.3) is 0 Å². The molecule has 0 saturated heterocycles. The molecule has 0 aromatic rings. The molecule has 0 saturated carbocycles. The van der Waals surface area contributed by atoms with Gasteiger partial charge < -0.3 is 14.2 Å². The van der Waals surface area contributed by atoms with Crippen molar-refractivity contribution in [1.82, 2.24) is 0 Å². The van der Waals surface area contributed by atoms with E-state index in [4.69, 9.17) is 14.2 Å². The third-order valence-electron chi connectivity index (χ3n) is 12.0. The predicted molar refractivity (Wildman–Crippen MR) is 279 cm³/mol. The van der Waals surface area contributed by atoms with Crippen LogP contribution in [0.4, 0.5) is 0 Å². The molecule has 0 heterocycles. The molecule has 0 aliphatic carbocycles. The average Bonchev–Trinajstić information content (AvgIpc) is 3.30. The Morgan fingerprint density at radius 3 is 0.954 bits per heavy atom. The lowest BCUT2D eigenvalue weighted by molar-refractivity contribution is -0.167. The molecule has 0 bridgehead atoms. The molecular weight excluding hydrogens is 805 g/mol. The lowest BCUT2D eigenvalue weighted by Crippen LogP contribution is -2.30. The van der Waals surface area contributed by atoms with Gasteiger partial charge in [-0.05, 0) is 83.5 Å². The number of esters is 3. The van der Waals surface area contributed by atoms with Gasteiger partial charge in [0, 0.05) is 19.3 Å². The molecule has 6 heteroatoms. The minimum Gasteiger partial charge on any atom is -0.462 e. The van der Waals surface area contributed by atoms with E-state index in [-0.39, 0.29) is 37.5 Å². The van der Waals surface area contributed by atoms with E-state index in [1.165, 1.54) is 161 Å². The Kier molecular flexibility index (Phi) is 51.3. The predicted octanol–water partition coefficient (Wildman–Crippen LogP) is 18.4. The summed E-state index contributed by atoms with van der Waals surface area (Å²) in [6.07, 6.45) is 66.4. The molecule has 376 valence electrons. The molecule has 0 aliphatic rings. The fraction of sp³-hybridized carbons (Fsp3) is 0.780. The minimum atomic E-state index is -0.803. The molecule has 0 aromatic heterocycles.